The van der Waals surface area contributed by atoms with E-state index in [1.54, 1.807) is 6.33 Å². The van der Waals surface area contributed by atoms with Crippen LogP contribution >= 0.6 is 0 Å². The number of hydrogen-bond acceptors (Lipinski definition) is 4. The summed E-state index contributed by atoms with van der Waals surface area (Å²) in [7, 11) is 2.03. The molecule has 1 fully saturated rings. The molecule has 0 saturated carbocycles. The standard InChI is InChI=1S/C19H23N5/c1-14-3-5-17-11-15(4-6-18(17)21-14)12-24-9-7-16(8-10-24)19-22-20-13-23(19)2/h3-6,11,13,16H,7-10,12H2,1-2H3. The molecule has 5 nitrogen and oxygen atoms in total. The van der Waals surface area contributed by atoms with Crippen LogP contribution in [0.25, 0.3) is 10.9 Å². The van der Waals surface area contributed by atoms with Crippen LogP contribution in [-0.2, 0) is 13.6 Å². The summed E-state index contributed by atoms with van der Waals surface area (Å²) in [5.41, 5.74) is 3.52. The zero-order valence-electron chi connectivity index (χ0n) is 14.3. The van der Waals surface area contributed by atoms with Crippen molar-refractivity contribution in [2.24, 2.45) is 7.05 Å². The zero-order valence-corrected chi connectivity index (χ0v) is 14.3. The minimum atomic E-state index is 0.539. The third-order valence-electron chi connectivity index (χ3n) is 5.00. The molecule has 0 radical (unpaired) electrons. The molecule has 124 valence electrons. The van der Waals surface area contributed by atoms with Gasteiger partial charge in [-0.2, -0.15) is 0 Å². The smallest absolute Gasteiger partial charge is 0.135 e. The van der Waals surface area contributed by atoms with Crippen molar-refractivity contribution in [3.63, 3.8) is 0 Å². The van der Waals surface area contributed by atoms with E-state index in [9.17, 15) is 0 Å². The maximum Gasteiger partial charge on any atom is 0.135 e. The molecular formula is C19H23N5. The van der Waals surface area contributed by atoms with Crippen molar-refractivity contribution >= 4 is 10.9 Å². The average molecular weight is 321 g/mol. The molecule has 2 aromatic heterocycles. The first-order valence-electron chi connectivity index (χ1n) is 8.61. The summed E-state index contributed by atoms with van der Waals surface area (Å²) in [6, 6.07) is 10.9. The van der Waals surface area contributed by atoms with Crippen LogP contribution < -0.4 is 0 Å². The predicted octanol–water partition coefficient (Wildman–Crippen LogP) is 3.05. The molecule has 1 aliphatic heterocycles. The number of aryl methyl sites for hydroxylation is 2. The first kappa shape index (κ1) is 15.3. The average Bonchev–Trinajstić information content (AvgIpc) is 3.02. The summed E-state index contributed by atoms with van der Waals surface area (Å²) in [5, 5.41) is 9.52. The summed E-state index contributed by atoms with van der Waals surface area (Å²) in [6.07, 6.45) is 4.11. The summed E-state index contributed by atoms with van der Waals surface area (Å²) < 4.78 is 2.05. The fourth-order valence-electron chi connectivity index (χ4n) is 3.64. The van der Waals surface area contributed by atoms with Crippen molar-refractivity contribution in [2.45, 2.75) is 32.2 Å². The van der Waals surface area contributed by atoms with Gasteiger partial charge < -0.3 is 4.57 Å². The lowest BCUT2D eigenvalue weighted by Crippen LogP contribution is -2.33. The molecule has 0 bridgehead atoms. The van der Waals surface area contributed by atoms with Gasteiger partial charge in [0, 0.05) is 30.6 Å². The largest absolute Gasteiger partial charge is 0.320 e. The lowest BCUT2D eigenvalue weighted by Gasteiger charge is -2.31. The van der Waals surface area contributed by atoms with Crippen molar-refractivity contribution in [1.82, 2.24) is 24.6 Å². The fraction of sp³-hybridized carbons (Fsp3) is 0.421. The van der Waals surface area contributed by atoms with Crippen molar-refractivity contribution < 1.29 is 0 Å². The van der Waals surface area contributed by atoms with Crippen LogP contribution in [0.4, 0.5) is 0 Å². The Balaban J connectivity index is 1.42. The SMILES string of the molecule is Cc1ccc2cc(CN3CCC(c4nncn4C)CC3)ccc2n1. The van der Waals surface area contributed by atoms with Gasteiger partial charge in [0.05, 0.1) is 5.52 Å². The first-order chi connectivity index (χ1) is 11.7. The number of pyridine rings is 1. The van der Waals surface area contributed by atoms with E-state index < -0.39 is 0 Å². The Hall–Kier alpha value is -2.27. The molecule has 0 spiro atoms. The molecule has 0 atom stereocenters. The molecule has 0 N–H and O–H groups in total. The molecule has 1 aromatic carbocycles. The summed E-state index contributed by atoms with van der Waals surface area (Å²) in [5.74, 6) is 1.67. The molecule has 24 heavy (non-hydrogen) atoms. The van der Waals surface area contributed by atoms with Gasteiger partial charge >= 0.3 is 0 Å². The number of likely N-dealkylation sites (tertiary alicyclic amines) is 1. The maximum atomic E-state index is 4.58. The van der Waals surface area contributed by atoms with E-state index >= 15 is 0 Å². The number of rotatable bonds is 3. The highest BCUT2D eigenvalue weighted by molar-refractivity contribution is 5.79. The summed E-state index contributed by atoms with van der Waals surface area (Å²) >= 11 is 0. The molecule has 3 aromatic rings. The van der Waals surface area contributed by atoms with E-state index in [0.29, 0.717) is 5.92 Å². The number of aromatic nitrogens is 4. The van der Waals surface area contributed by atoms with Gasteiger partial charge in [0.25, 0.3) is 0 Å². The van der Waals surface area contributed by atoms with E-state index in [-0.39, 0.29) is 0 Å². The van der Waals surface area contributed by atoms with Crippen LogP contribution in [0.15, 0.2) is 36.7 Å². The highest BCUT2D eigenvalue weighted by Crippen LogP contribution is 2.27. The highest BCUT2D eigenvalue weighted by atomic mass is 15.3. The molecule has 5 heteroatoms. The van der Waals surface area contributed by atoms with Gasteiger partial charge in [0.2, 0.25) is 0 Å². The van der Waals surface area contributed by atoms with E-state index in [2.05, 4.69) is 55.0 Å². The van der Waals surface area contributed by atoms with Crippen LogP contribution in [-0.4, -0.2) is 37.7 Å². The number of piperidine rings is 1. The van der Waals surface area contributed by atoms with E-state index in [4.69, 9.17) is 0 Å². The quantitative estimate of drug-likeness (QED) is 0.744. The van der Waals surface area contributed by atoms with E-state index in [1.165, 1.54) is 10.9 Å². The van der Waals surface area contributed by atoms with Crippen molar-refractivity contribution in [1.29, 1.82) is 0 Å². The second kappa shape index (κ2) is 6.32. The zero-order chi connectivity index (χ0) is 16.5. The van der Waals surface area contributed by atoms with Crippen LogP contribution in [0.3, 0.4) is 0 Å². The van der Waals surface area contributed by atoms with Crippen LogP contribution in [0.5, 0.6) is 0 Å². The van der Waals surface area contributed by atoms with Gasteiger partial charge in [-0.15, -0.1) is 10.2 Å². The minimum absolute atomic E-state index is 0.539. The van der Waals surface area contributed by atoms with Gasteiger partial charge in [-0.25, -0.2) is 0 Å². The Labute approximate surface area is 142 Å². The first-order valence-corrected chi connectivity index (χ1v) is 8.61. The van der Waals surface area contributed by atoms with Crippen molar-refractivity contribution in [3.05, 3.63) is 53.7 Å². The van der Waals surface area contributed by atoms with E-state index in [1.807, 2.05) is 14.0 Å². The third-order valence-corrected chi connectivity index (χ3v) is 5.00. The van der Waals surface area contributed by atoms with Gasteiger partial charge in [0.1, 0.15) is 12.2 Å². The molecule has 0 amide bonds. The normalized spacial score (nSPS) is 16.8. The van der Waals surface area contributed by atoms with Gasteiger partial charge in [-0.3, -0.25) is 9.88 Å². The van der Waals surface area contributed by atoms with Crippen LogP contribution in [0, 0.1) is 6.92 Å². The Morgan fingerprint density at radius 2 is 1.96 bits per heavy atom. The monoisotopic (exact) mass is 321 g/mol. The number of fused-ring (bicyclic) bond motifs is 1. The summed E-state index contributed by atoms with van der Waals surface area (Å²) in [6.45, 7) is 5.27. The third kappa shape index (κ3) is 3.04. The second-order valence-electron chi connectivity index (χ2n) is 6.83. The highest BCUT2D eigenvalue weighted by Gasteiger charge is 2.23. The van der Waals surface area contributed by atoms with Gasteiger partial charge in [0.15, 0.2) is 0 Å². The lowest BCUT2D eigenvalue weighted by atomic mass is 9.95. The molecule has 3 heterocycles. The molecule has 1 saturated heterocycles. The van der Waals surface area contributed by atoms with Crippen LogP contribution in [0.2, 0.25) is 0 Å². The van der Waals surface area contributed by atoms with Crippen molar-refractivity contribution in [2.75, 3.05) is 13.1 Å². The van der Waals surface area contributed by atoms with Crippen LogP contribution in [0.1, 0.15) is 35.8 Å². The Bertz CT molecular complexity index is 846. The molecular weight excluding hydrogens is 298 g/mol. The second-order valence-corrected chi connectivity index (χ2v) is 6.83. The number of benzene rings is 1. The molecule has 4 rings (SSSR count). The van der Waals surface area contributed by atoms with E-state index in [0.717, 1.165) is 49.5 Å². The molecule has 0 aliphatic carbocycles. The number of nitrogens with zero attached hydrogens (tertiary/aromatic N) is 5. The molecule has 0 unspecified atom stereocenters. The Morgan fingerprint density at radius 3 is 2.71 bits per heavy atom. The lowest BCUT2D eigenvalue weighted by molar-refractivity contribution is 0.200. The van der Waals surface area contributed by atoms with Gasteiger partial charge in [-0.1, -0.05) is 12.1 Å². The molecule has 1 aliphatic rings. The maximum absolute atomic E-state index is 4.58. The minimum Gasteiger partial charge on any atom is -0.320 e. The van der Waals surface area contributed by atoms with Gasteiger partial charge in [-0.05, 0) is 56.6 Å². The summed E-state index contributed by atoms with van der Waals surface area (Å²) in [4.78, 5) is 7.12. The Morgan fingerprint density at radius 1 is 1.12 bits per heavy atom. The number of hydrogen-bond donors (Lipinski definition) is 0. The predicted molar refractivity (Wildman–Crippen MR) is 94.7 cm³/mol. The fourth-order valence-corrected chi connectivity index (χ4v) is 3.64. The Kier molecular flexibility index (Phi) is 4.02. The van der Waals surface area contributed by atoms with Crippen molar-refractivity contribution in [3.8, 4) is 0 Å². The topological polar surface area (TPSA) is 46.8 Å².